The molecule has 0 aliphatic heterocycles. The molecule has 0 saturated carbocycles. The first-order valence-electron chi connectivity index (χ1n) is 7.33. The van der Waals surface area contributed by atoms with Crippen LogP contribution < -0.4 is 16.2 Å². The van der Waals surface area contributed by atoms with Gasteiger partial charge in [0.05, 0.1) is 0 Å². The molecule has 0 aliphatic rings. The second kappa shape index (κ2) is 8.26. The Morgan fingerprint density at radius 1 is 1.17 bits per heavy atom. The molecule has 0 unspecified atom stereocenters. The van der Waals surface area contributed by atoms with E-state index in [2.05, 4.69) is 15.7 Å². The molecule has 1 aromatic carbocycles. The second-order valence-corrected chi connectivity index (χ2v) is 5.53. The highest BCUT2D eigenvalue weighted by Gasteiger charge is 2.08. The van der Waals surface area contributed by atoms with Gasteiger partial charge in [-0.2, -0.15) is 5.10 Å². The van der Waals surface area contributed by atoms with Gasteiger partial charge in [-0.05, 0) is 36.8 Å². The summed E-state index contributed by atoms with van der Waals surface area (Å²) in [5, 5.41) is 9.85. The zero-order chi connectivity index (χ0) is 17.5. The number of rotatable bonds is 6. The Kier molecular flexibility index (Phi) is 6.08. The van der Waals surface area contributed by atoms with E-state index in [4.69, 9.17) is 11.6 Å². The van der Waals surface area contributed by atoms with Crippen LogP contribution in [0.25, 0.3) is 0 Å². The van der Waals surface area contributed by atoms with Crippen molar-refractivity contribution in [2.45, 2.75) is 12.8 Å². The molecule has 1 heterocycles. The lowest BCUT2D eigenvalue weighted by atomic mass is 10.2. The van der Waals surface area contributed by atoms with Crippen LogP contribution in [0.1, 0.15) is 23.3 Å². The van der Waals surface area contributed by atoms with E-state index in [-0.39, 0.29) is 29.5 Å². The van der Waals surface area contributed by atoms with Crippen molar-refractivity contribution in [3.8, 4) is 0 Å². The standard InChI is InChI=1S/C16H17ClN4O3/c1-21-15(23)9-8-13(20-21)16(24)18-10-2-3-14(22)19-12-6-4-11(17)5-7-12/h4-9H,2-3,10H2,1H3,(H,18,24)(H,19,22). The summed E-state index contributed by atoms with van der Waals surface area (Å²) in [7, 11) is 1.47. The number of benzene rings is 1. The molecule has 0 bridgehead atoms. The molecular formula is C16H17ClN4O3. The van der Waals surface area contributed by atoms with Crippen LogP contribution in [0, 0.1) is 0 Å². The Labute approximate surface area is 143 Å². The lowest BCUT2D eigenvalue weighted by Crippen LogP contribution is -2.29. The summed E-state index contributed by atoms with van der Waals surface area (Å²) in [5.74, 6) is -0.532. The number of nitrogens with zero attached hydrogens (tertiary/aromatic N) is 2. The van der Waals surface area contributed by atoms with Crippen molar-refractivity contribution in [2.75, 3.05) is 11.9 Å². The SMILES string of the molecule is Cn1nc(C(=O)NCCCC(=O)Nc2ccc(Cl)cc2)ccc1=O. The molecule has 0 atom stereocenters. The van der Waals surface area contributed by atoms with Gasteiger partial charge in [-0.1, -0.05) is 11.6 Å². The maximum Gasteiger partial charge on any atom is 0.271 e. The highest BCUT2D eigenvalue weighted by Crippen LogP contribution is 2.13. The number of aryl methyl sites for hydroxylation is 1. The first kappa shape index (κ1) is 17.7. The molecule has 24 heavy (non-hydrogen) atoms. The van der Waals surface area contributed by atoms with Gasteiger partial charge in [0, 0.05) is 36.8 Å². The zero-order valence-corrected chi connectivity index (χ0v) is 13.8. The summed E-state index contributed by atoms with van der Waals surface area (Å²) in [5.41, 5.74) is 0.538. The third-order valence-corrected chi connectivity index (χ3v) is 3.44. The Balaban J connectivity index is 1.72. The Morgan fingerprint density at radius 2 is 1.88 bits per heavy atom. The minimum Gasteiger partial charge on any atom is -0.351 e. The van der Waals surface area contributed by atoms with E-state index in [0.29, 0.717) is 23.7 Å². The van der Waals surface area contributed by atoms with Gasteiger partial charge in [-0.25, -0.2) is 4.68 Å². The van der Waals surface area contributed by atoms with Gasteiger partial charge in [0.2, 0.25) is 5.91 Å². The van der Waals surface area contributed by atoms with Crippen LogP contribution in [0.2, 0.25) is 5.02 Å². The van der Waals surface area contributed by atoms with Crippen molar-refractivity contribution < 1.29 is 9.59 Å². The van der Waals surface area contributed by atoms with Crippen molar-refractivity contribution in [3.05, 3.63) is 57.5 Å². The summed E-state index contributed by atoms with van der Waals surface area (Å²) >= 11 is 5.77. The molecule has 126 valence electrons. The molecule has 0 spiro atoms. The smallest absolute Gasteiger partial charge is 0.271 e. The van der Waals surface area contributed by atoms with Crippen LogP contribution in [0.5, 0.6) is 0 Å². The number of amides is 2. The van der Waals surface area contributed by atoms with E-state index in [0.717, 1.165) is 4.68 Å². The van der Waals surface area contributed by atoms with Crippen molar-refractivity contribution in [1.82, 2.24) is 15.1 Å². The summed E-state index contributed by atoms with van der Waals surface area (Å²) in [6, 6.07) is 9.46. The Morgan fingerprint density at radius 3 is 2.54 bits per heavy atom. The number of anilines is 1. The van der Waals surface area contributed by atoms with Crippen molar-refractivity contribution >= 4 is 29.1 Å². The summed E-state index contributed by atoms with van der Waals surface area (Å²) in [6.45, 7) is 0.331. The van der Waals surface area contributed by atoms with E-state index >= 15 is 0 Å². The van der Waals surface area contributed by atoms with Gasteiger partial charge < -0.3 is 10.6 Å². The molecule has 2 aromatic rings. The second-order valence-electron chi connectivity index (χ2n) is 5.09. The Hall–Kier alpha value is -2.67. The zero-order valence-electron chi connectivity index (χ0n) is 13.1. The highest BCUT2D eigenvalue weighted by molar-refractivity contribution is 6.30. The number of carbonyl (C=O) groups excluding carboxylic acids is 2. The van der Waals surface area contributed by atoms with Crippen LogP contribution in [-0.2, 0) is 11.8 Å². The predicted octanol–water partition coefficient (Wildman–Crippen LogP) is 1.58. The maximum atomic E-state index is 11.9. The average molecular weight is 349 g/mol. The number of aromatic nitrogens is 2. The van der Waals surface area contributed by atoms with E-state index in [1.807, 2.05) is 0 Å². The van der Waals surface area contributed by atoms with Crippen molar-refractivity contribution in [1.29, 1.82) is 0 Å². The number of carbonyl (C=O) groups is 2. The highest BCUT2D eigenvalue weighted by atomic mass is 35.5. The van der Waals surface area contributed by atoms with E-state index in [1.165, 1.54) is 19.2 Å². The minimum absolute atomic E-state index is 0.146. The predicted molar refractivity (Wildman–Crippen MR) is 91.1 cm³/mol. The summed E-state index contributed by atoms with van der Waals surface area (Å²) in [4.78, 5) is 34.9. The summed E-state index contributed by atoms with van der Waals surface area (Å²) < 4.78 is 1.09. The molecule has 7 nitrogen and oxygen atoms in total. The van der Waals surface area contributed by atoms with Crippen LogP contribution in [0.4, 0.5) is 5.69 Å². The summed E-state index contributed by atoms with van der Waals surface area (Å²) in [6.07, 6.45) is 0.751. The van der Waals surface area contributed by atoms with Gasteiger partial charge in [0.25, 0.3) is 11.5 Å². The third-order valence-electron chi connectivity index (χ3n) is 3.19. The largest absolute Gasteiger partial charge is 0.351 e. The molecule has 2 N–H and O–H groups in total. The molecule has 1 aromatic heterocycles. The molecular weight excluding hydrogens is 332 g/mol. The fourth-order valence-corrected chi connectivity index (χ4v) is 2.05. The van der Waals surface area contributed by atoms with E-state index in [9.17, 15) is 14.4 Å². The number of nitrogens with one attached hydrogen (secondary N) is 2. The molecule has 2 rings (SSSR count). The van der Waals surface area contributed by atoms with Crippen LogP contribution in [0.15, 0.2) is 41.2 Å². The fourth-order valence-electron chi connectivity index (χ4n) is 1.92. The number of halogens is 1. The monoisotopic (exact) mass is 348 g/mol. The van der Waals surface area contributed by atoms with Gasteiger partial charge >= 0.3 is 0 Å². The molecule has 0 aliphatic carbocycles. The first-order chi connectivity index (χ1) is 11.5. The lowest BCUT2D eigenvalue weighted by molar-refractivity contribution is -0.116. The van der Waals surface area contributed by atoms with Crippen LogP contribution >= 0.6 is 11.6 Å². The quantitative estimate of drug-likeness (QED) is 0.775. The average Bonchev–Trinajstić information content (AvgIpc) is 2.56. The maximum absolute atomic E-state index is 11.9. The fraction of sp³-hybridized carbons (Fsp3) is 0.250. The topological polar surface area (TPSA) is 93.1 Å². The molecule has 0 radical (unpaired) electrons. The van der Waals surface area contributed by atoms with Gasteiger partial charge in [0.15, 0.2) is 0 Å². The molecule has 0 saturated heterocycles. The van der Waals surface area contributed by atoms with Gasteiger partial charge in [-0.15, -0.1) is 0 Å². The third kappa shape index (κ3) is 5.20. The molecule has 8 heteroatoms. The lowest BCUT2D eigenvalue weighted by Gasteiger charge is -2.07. The van der Waals surface area contributed by atoms with Gasteiger partial charge in [-0.3, -0.25) is 14.4 Å². The van der Waals surface area contributed by atoms with Crippen LogP contribution in [0.3, 0.4) is 0 Å². The minimum atomic E-state index is -0.385. The van der Waals surface area contributed by atoms with E-state index in [1.54, 1.807) is 24.3 Å². The Bertz CT molecular complexity index is 787. The van der Waals surface area contributed by atoms with Crippen molar-refractivity contribution in [2.24, 2.45) is 7.05 Å². The first-order valence-corrected chi connectivity index (χ1v) is 7.71. The number of hydrogen-bond acceptors (Lipinski definition) is 4. The van der Waals surface area contributed by atoms with Gasteiger partial charge in [0.1, 0.15) is 5.69 Å². The molecule has 0 fully saturated rings. The van der Waals surface area contributed by atoms with Crippen molar-refractivity contribution in [3.63, 3.8) is 0 Å². The molecule has 2 amide bonds. The van der Waals surface area contributed by atoms with E-state index < -0.39 is 0 Å². The normalized spacial score (nSPS) is 10.2. The van der Waals surface area contributed by atoms with Crippen LogP contribution in [-0.4, -0.2) is 28.1 Å². The number of hydrogen-bond donors (Lipinski definition) is 2.